The van der Waals surface area contributed by atoms with Crippen LogP contribution in [0.15, 0.2) is 17.5 Å². The van der Waals surface area contributed by atoms with Gasteiger partial charge in [0, 0.05) is 11.3 Å². The Hall–Kier alpha value is -1.69. The molecule has 90 valence electrons. The Morgan fingerprint density at radius 3 is 2.35 bits per heavy atom. The normalized spacial score (nSPS) is 18.8. The second kappa shape index (κ2) is 4.29. The number of hydrogen-bond acceptors (Lipinski definition) is 4. The van der Waals surface area contributed by atoms with Gasteiger partial charge in [-0.2, -0.15) is 0 Å². The van der Waals surface area contributed by atoms with Gasteiger partial charge in [0.25, 0.3) is 0 Å². The topological polar surface area (TPSA) is 75.3 Å². The van der Waals surface area contributed by atoms with Crippen molar-refractivity contribution in [3.05, 3.63) is 22.4 Å². The molecular formula is C11H12N2O3S. The van der Waals surface area contributed by atoms with E-state index in [-0.39, 0.29) is 0 Å². The lowest BCUT2D eigenvalue weighted by Gasteiger charge is -2.32. The van der Waals surface area contributed by atoms with Gasteiger partial charge in [0.2, 0.25) is 11.8 Å². The average molecular weight is 252 g/mol. The molecule has 2 N–H and O–H groups in total. The number of amides is 4. The van der Waals surface area contributed by atoms with Crippen molar-refractivity contribution in [3.63, 3.8) is 0 Å². The second-order valence-corrected chi connectivity index (χ2v) is 4.96. The first kappa shape index (κ1) is 11.8. The number of thiophene rings is 1. The van der Waals surface area contributed by atoms with Gasteiger partial charge in [-0.3, -0.25) is 20.2 Å². The van der Waals surface area contributed by atoms with Crippen molar-refractivity contribution < 1.29 is 14.4 Å². The lowest BCUT2D eigenvalue weighted by molar-refractivity contribution is -0.144. The SMILES string of the molecule is CCC1(Cc2cccs2)C(=O)NC(=O)NC1=O. The molecule has 1 aromatic rings. The number of carbonyl (C=O) groups is 3. The highest BCUT2D eigenvalue weighted by atomic mass is 32.1. The summed E-state index contributed by atoms with van der Waals surface area (Å²) in [6.07, 6.45) is 0.682. The molecule has 1 fully saturated rings. The zero-order valence-electron chi connectivity index (χ0n) is 9.28. The summed E-state index contributed by atoms with van der Waals surface area (Å²) in [6, 6.07) is 3.00. The summed E-state index contributed by atoms with van der Waals surface area (Å²) in [4.78, 5) is 35.8. The van der Waals surface area contributed by atoms with Crippen LogP contribution in [-0.2, 0) is 16.0 Å². The first-order valence-electron chi connectivity index (χ1n) is 5.28. The molecule has 2 rings (SSSR count). The Morgan fingerprint density at radius 2 is 1.88 bits per heavy atom. The van der Waals surface area contributed by atoms with Crippen molar-refractivity contribution in [3.8, 4) is 0 Å². The molecule has 1 aromatic heterocycles. The summed E-state index contributed by atoms with van der Waals surface area (Å²) in [7, 11) is 0. The fourth-order valence-electron chi connectivity index (χ4n) is 1.90. The smallest absolute Gasteiger partial charge is 0.277 e. The van der Waals surface area contributed by atoms with Crippen LogP contribution >= 0.6 is 11.3 Å². The maximum Gasteiger partial charge on any atom is 0.328 e. The van der Waals surface area contributed by atoms with Gasteiger partial charge < -0.3 is 0 Å². The highest BCUT2D eigenvalue weighted by Crippen LogP contribution is 2.31. The molecule has 4 amide bonds. The van der Waals surface area contributed by atoms with Crippen LogP contribution < -0.4 is 10.6 Å². The highest BCUT2D eigenvalue weighted by Gasteiger charge is 2.48. The molecule has 0 aromatic carbocycles. The molecular weight excluding hydrogens is 240 g/mol. The van der Waals surface area contributed by atoms with E-state index in [1.54, 1.807) is 6.92 Å². The quantitative estimate of drug-likeness (QED) is 0.790. The number of rotatable bonds is 3. The molecule has 0 atom stereocenters. The first-order valence-corrected chi connectivity index (χ1v) is 6.15. The summed E-state index contributed by atoms with van der Waals surface area (Å²) in [5.74, 6) is -1.02. The van der Waals surface area contributed by atoms with Crippen LogP contribution in [0.4, 0.5) is 4.79 Å². The molecule has 1 aliphatic heterocycles. The summed E-state index contributed by atoms with van der Waals surface area (Å²) < 4.78 is 0. The molecule has 1 saturated heterocycles. The van der Waals surface area contributed by atoms with E-state index in [2.05, 4.69) is 10.6 Å². The molecule has 5 nitrogen and oxygen atoms in total. The van der Waals surface area contributed by atoms with E-state index in [1.165, 1.54) is 11.3 Å². The van der Waals surface area contributed by atoms with Crippen LogP contribution in [0.1, 0.15) is 18.2 Å². The van der Waals surface area contributed by atoms with Gasteiger partial charge in [0.1, 0.15) is 5.41 Å². The van der Waals surface area contributed by atoms with Crippen molar-refractivity contribution in [1.29, 1.82) is 0 Å². The van der Waals surface area contributed by atoms with Crippen molar-refractivity contribution in [1.82, 2.24) is 10.6 Å². The maximum atomic E-state index is 11.9. The molecule has 0 unspecified atom stereocenters. The summed E-state index contributed by atoms with van der Waals surface area (Å²) in [5, 5.41) is 6.21. The minimum absolute atomic E-state index is 0.326. The Balaban J connectivity index is 2.32. The molecule has 2 heterocycles. The molecule has 0 bridgehead atoms. The fraction of sp³-hybridized carbons (Fsp3) is 0.364. The minimum atomic E-state index is -1.17. The molecule has 6 heteroatoms. The zero-order chi connectivity index (χ0) is 12.5. The third-order valence-electron chi connectivity index (χ3n) is 2.98. The van der Waals surface area contributed by atoms with Gasteiger partial charge in [0.15, 0.2) is 0 Å². The van der Waals surface area contributed by atoms with Gasteiger partial charge in [-0.25, -0.2) is 4.79 Å². The predicted molar refractivity (Wildman–Crippen MR) is 62.4 cm³/mol. The molecule has 0 aliphatic carbocycles. The molecule has 17 heavy (non-hydrogen) atoms. The van der Waals surface area contributed by atoms with Gasteiger partial charge in [-0.15, -0.1) is 11.3 Å². The average Bonchev–Trinajstić information content (AvgIpc) is 2.76. The Kier molecular flexibility index (Phi) is 2.97. The maximum absolute atomic E-state index is 11.9. The van der Waals surface area contributed by atoms with E-state index in [4.69, 9.17) is 0 Å². The predicted octanol–water partition coefficient (Wildman–Crippen LogP) is 1.05. The second-order valence-electron chi connectivity index (χ2n) is 3.93. The van der Waals surface area contributed by atoms with E-state index in [1.807, 2.05) is 17.5 Å². The Bertz CT molecular complexity index is 447. The number of nitrogens with one attached hydrogen (secondary N) is 2. The number of hydrogen-bond donors (Lipinski definition) is 2. The van der Waals surface area contributed by atoms with Crippen molar-refractivity contribution in [2.75, 3.05) is 0 Å². The van der Waals surface area contributed by atoms with E-state index in [0.717, 1.165) is 4.88 Å². The van der Waals surface area contributed by atoms with Crippen LogP contribution in [0.3, 0.4) is 0 Å². The third kappa shape index (κ3) is 1.95. The van der Waals surface area contributed by atoms with Crippen LogP contribution in [0.2, 0.25) is 0 Å². The summed E-state index contributed by atoms with van der Waals surface area (Å²) >= 11 is 1.49. The molecule has 0 saturated carbocycles. The molecule has 0 radical (unpaired) electrons. The van der Waals surface area contributed by atoms with E-state index in [9.17, 15) is 14.4 Å². The Morgan fingerprint density at radius 1 is 1.24 bits per heavy atom. The number of barbiturate groups is 1. The third-order valence-corrected chi connectivity index (χ3v) is 3.86. The van der Waals surface area contributed by atoms with Crippen LogP contribution in [0.5, 0.6) is 0 Å². The van der Waals surface area contributed by atoms with Gasteiger partial charge in [-0.05, 0) is 17.9 Å². The van der Waals surface area contributed by atoms with Crippen molar-refractivity contribution in [2.45, 2.75) is 19.8 Å². The van der Waals surface area contributed by atoms with Crippen molar-refractivity contribution in [2.24, 2.45) is 5.41 Å². The van der Waals surface area contributed by atoms with Crippen molar-refractivity contribution >= 4 is 29.2 Å². The Labute approximate surface area is 102 Å². The standard InChI is InChI=1S/C11H12N2O3S/c1-2-11(6-7-4-3-5-17-7)8(14)12-10(16)13-9(11)15/h3-5H,2,6H2,1H3,(H2,12,13,14,15,16). The minimum Gasteiger partial charge on any atom is -0.277 e. The first-order chi connectivity index (χ1) is 8.08. The highest BCUT2D eigenvalue weighted by molar-refractivity contribution is 7.09. The van der Waals surface area contributed by atoms with Crippen LogP contribution in [0, 0.1) is 5.41 Å². The lowest BCUT2D eigenvalue weighted by Crippen LogP contribution is -2.62. The van der Waals surface area contributed by atoms with Gasteiger partial charge in [0.05, 0.1) is 0 Å². The van der Waals surface area contributed by atoms with Crippen LogP contribution in [0.25, 0.3) is 0 Å². The van der Waals surface area contributed by atoms with Gasteiger partial charge >= 0.3 is 6.03 Å². The van der Waals surface area contributed by atoms with E-state index >= 15 is 0 Å². The van der Waals surface area contributed by atoms with Gasteiger partial charge in [-0.1, -0.05) is 13.0 Å². The largest absolute Gasteiger partial charge is 0.328 e. The number of urea groups is 1. The van der Waals surface area contributed by atoms with E-state index in [0.29, 0.717) is 12.8 Å². The molecule has 0 spiro atoms. The van der Waals surface area contributed by atoms with E-state index < -0.39 is 23.3 Å². The summed E-state index contributed by atoms with van der Waals surface area (Å²) in [6.45, 7) is 1.77. The number of carbonyl (C=O) groups excluding carboxylic acids is 3. The monoisotopic (exact) mass is 252 g/mol. The molecule has 1 aliphatic rings. The number of imide groups is 2. The fourth-order valence-corrected chi connectivity index (χ4v) is 2.72. The van der Waals surface area contributed by atoms with Crippen LogP contribution in [-0.4, -0.2) is 17.8 Å². The zero-order valence-corrected chi connectivity index (χ0v) is 10.1. The lowest BCUT2D eigenvalue weighted by atomic mass is 9.78. The summed E-state index contributed by atoms with van der Waals surface area (Å²) in [5.41, 5.74) is -1.17.